The zero-order chi connectivity index (χ0) is 8.27. The van der Waals surface area contributed by atoms with Gasteiger partial charge in [0.2, 0.25) is 6.20 Å². The van der Waals surface area contributed by atoms with Crippen LogP contribution in [0.5, 0.6) is 5.75 Å². The Morgan fingerprint density at radius 2 is 2.25 bits per heavy atom. The Bertz CT molecular complexity index is 276. The standard InChI is InChI=1S/C8H10NO2.HI/c1-7(10)11-8-4-3-5-9(2)6-8;/h3-6H,1-2H3;1H/q+1;/p-1. The number of ether oxygens (including phenoxy) is 1. The Labute approximate surface area is 88.4 Å². The van der Waals surface area contributed by atoms with E-state index in [-0.39, 0.29) is 29.9 Å². The molecule has 0 aromatic carbocycles. The maximum absolute atomic E-state index is 10.5. The summed E-state index contributed by atoms with van der Waals surface area (Å²) >= 11 is 0. The van der Waals surface area contributed by atoms with Gasteiger partial charge < -0.3 is 28.7 Å². The van der Waals surface area contributed by atoms with Crippen LogP contribution in [0.1, 0.15) is 6.92 Å². The SMILES string of the molecule is CC(=O)Oc1ccc[n+](C)c1.[I-]. The van der Waals surface area contributed by atoms with Crippen LogP contribution in [0.4, 0.5) is 0 Å². The van der Waals surface area contributed by atoms with Crippen molar-refractivity contribution in [3.8, 4) is 5.75 Å². The molecule has 0 fully saturated rings. The van der Waals surface area contributed by atoms with E-state index in [0.29, 0.717) is 5.75 Å². The Kier molecular flexibility index (Phi) is 4.80. The molecule has 0 atom stereocenters. The lowest BCUT2D eigenvalue weighted by molar-refractivity contribution is -0.671. The van der Waals surface area contributed by atoms with Crippen LogP contribution in [0.25, 0.3) is 0 Å². The summed E-state index contributed by atoms with van der Waals surface area (Å²) in [6.45, 7) is 1.38. The zero-order valence-corrected chi connectivity index (χ0v) is 9.11. The van der Waals surface area contributed by atoms with Crippen LogP contribution in [-0.4, -0.2) is 5.97 Å². The Hall–Kier alpha value is -0.650. The van der Waals surface area contributed by atoms with E-state index in [4.69, 9.17) is 4.74 Å². The zero-order valence-electron chi connectivity index (χ0n) is 6.95. The minimum Gasteiger partial charge on any atom is -1.00 e. The molecule has 66 valence electrons. The van der Waals surface area contributed by atoms with E-state index in [9.17, 15) is 4.79 Å². The molecule has 3 nitrogen and oxygen atoms in total. The smallest absolute Gasteiger partial charge is 0.308 e. The van der Waals surface area contributed by atoms with Gasteiger partial charge in [-0.05, 0) is 6.07 Å². The number of carbonyl (C=O) groups excluding carboxylic acids is 1. The van der Waals surface area contributed by atoms with Gasteiger partial charge in [0.15, 0.2) is 11.9 Å². The molecule has 4 heteroatoms. The van der Waals surface area contributed by atoms with E-state index < -0.39 is 0 Å². The molecule has 0 aliphatic rings. The molecular weight excluding hydrogens is 269 g/mol. The maximum Gasteiger partial charge on any atom is 0.308 e. The van der Waals surface area contributed by atoms with Crippen molar-refractivity contribution in [3.05, 3.63) is 24.5 Å². The lowest BCUT2D eigenvalue weighted by Crippen LogP contribution is -3.00. The highest BCUT2D eigenvalue weighted by molar-refractivity contribution is 5.68. The molecule has 1 rings (SSSR count). The summed E-state index contributed by atoms with van der Waals surface area (Å²) in [6.07, 6.45) is 3.61. The van der Waals surface area contributed by atoms with Crippen LogP contribution in [0.3, 0.4) is 0 Å². The van der Waals surface area contributed by atoms with E-state index in [0.717, 1.165) is 0 Å². The van der Waals surface area contributed by atoms with Crippen molar-refractivity contribution < 1.29 is 38.1 Å². The van der Waals surface area contributed by atoms with Crippen LogP contribution < -0.4 is 33.3 Å². The number of aromatic nitrogens is 1. The van der Waals surface area contributed by atoms with Crippen molar-refractivity contribution in [2.75, 3.05) is 0 Å². The second-order valence-electron chi connectivity index (χ2n) is 2.30. The Morgan fingerprint density at radius 3 is 2.75 bits per heavy atom. The predicted octanol–water partition coefficient (Wildman–Crippen LogP) is -2.56. The van der Waals surface area contributed by atoms with Gasteiger partial charge in [-0.2, -0.15) is 0 Å². The number of halogens is 1. The van der Waals surface area contributed by atoms with Crippen molar-refractivity contribution >= 4 is 5.97 Å². The average molecular weight is 279 g/mol. The van der Waals surface area contributed by atoms with E-state index in [2.05, 4.69) is 0 Å². The predicted molar refractivity (Wildman–Crippen MR) is 38.9 cm³/mol. The summed E-state index contributed by atoms with van der Waals surface area (Å²) in [5.74, 6) is 0.277. The first-order chi connectivity index (χ1) is 5.18. The van der Waals surface area contributed by atoms with Crippen LogP contribution in [-0.2, 0) is 11.8 Å². The maximum atomic E-state index is 10.5. The summed E-state index contributed by atoms with van der Waals surface area (Å²) in [4.78, 5) is 10.5. The van der Waals surface area contributed by atoms with E-state index in [1.165, 1.54) is 6.92 Å². The van der Waals surface area contributed by atoms with Gasteiger partial charge in [0, 0.05) is 13.0 Å². The normalized spacial score (nSPS) is 8.50. The minimum absolute atomic E-state index is 0. The van der Waals surface area contributed by atoms with Gasteiger partial charge in [-0.3, -0.25) is 4.79 Å². The van der Waals surface area contributed by atoms with Gasteiger partial charge in [-0.15, -0.1) is 0 Å². The van der Waals surface area contributed by atoms with Crippen LogP contribution in [0.15, 0.2) is 24.5 Å². The third kappa shape index (κ3) is 3.66. The molecule has 1 heterocycles. The highest BCUT2D eigenvalue weighted by atomic mass is 127. The number of esters is 1. The molecule has 0 saturated carbocycles. The van der Waals surface area contributed by atoms with Crippen LogP contribution in [0.2, 0.25) is 0 Å². The molecule has 0 saturated heterocycles. The number of aryl methyl sites for hydroxylation is 1. The molecule has 0 unspecified atom stereocenters. The second-order valence-corrected chi connectivity index (χ2v) is 2.30. The van der Waals surface area contributed by atoms with Gasteiger partial charge in [0.05, 0.1) is 0 Å². The van der Waals surface area contributed by atoms with Gasteiger partial charge in [-0.1, -0.05) is 0 Å². The first-order valence-corrected chi connectivity index (χ1v) is 3.32. The van der Waals surface area contributed by atoms with Crippen molar-refractivity contribution in [2.24, 2.45) is 7.05 Å². The number of carbonyl (C=O) groups is 1. The van der Waals surface area contributed by atoms with Gasteiger partial charge in [0.25, 0.3) is 0 Å². The summed E-state index contributed by atoms with van der Waals surface area (Å²) < 4.78 is 6.65. The van der Waals surface area contributed by atoms with Gasteiger partial charge in [-0.25, -0.2) is 4.57 Å². The molecule has 0 amide bonds. The summed E-state index contributed by atoms with van der Waals surface area (Å²) in [7, 11) is 1.87. The summed E-state index contributed by atoms with van der Waals surface area (Å²) in [6, 6.07) is 3.56. The molecular formula is C8H10INO2. The first-order valence-electron chi connectivity index (χ1n) is 3.32. The number of rotatable bonds is 1. The average Bonchev–Trinajstić information content (AvgIpc) is 1.85. The topological polar surface area (TPSA) is 30.2 Å². The fourth-order valence-electron chi connectivity index (χ4n) is 0.787. The van der Waals surface area contributed by atoms with Crippen LogP contribution in [0, 0.1) is 0 Å². The lowest BCUT2D eigenvalue weighted by Gasteiger charge is -1.96. The Balaban J connectivity index is 0.00000121. The monoisotopic (exact) mass is 279 g/mol. The fraction of sp³-hybridized carbons (Fsp3) is 0.250. The molecule has 12 heavy (non-hydrogen) atoms. The molecule has 0 aliphatic carbocycles. The second kappa shape index (κ2) is 5.08. The number of hydrogen-bond acceptors (Lipinski definition) is 2. The lowest BCUT2D eigenvalue weighted by atomic mass is 10.4. The first kappa shape index (κ1) is 11.4. The molecule has 0 bridgehead atoms. The van der Waals surface area contributed by atoms with Crippen LogP contribution >= 0.6 is 0 Å². The third-order valence-electron chi connectivity index (χ3n) is 1.17. The van der Waals surface area contributed by atoms with Crippen molar-refractivity contribution in [3.63, 3.8) is 0 Å². The van der Waals surface area contributed by atoms with Gasteiger partial charge >= 0.3 is 5.97 Å². The summed E-state index contributed by atoms with van der Waals surface area (Å²) in [5.41, 5.74) is 0. The number of nitrogens with zero attached hydrogens (tertiary/aromatic N) is 1. The molecule has 0 radical (unpaired) electrons. The van der Waals surface area contributed by atoms with Gasteiger partial charge in [0.1, 0.15) is 7.05 Å². The molecule has 0 N–H and O–H groups in total. The number of pyridine rings is 1. The quantitative estimate of drug-likeness (QED) is 0.322. The Morgan fingerprint density at radius 1 is 1.58 bits per heavy atom. The van der Waals surface area contributed by atoms with E-state index in [1.54, 1.807) is 12.3 Å². The van der Waals surface area contributed by atoms with Crippen molar-refractivity contribution in [1.29, 1.82) is 0 Å². The van der Waals surface area contributed by atoms with Crippen molar-refractivity contribution in [2.45, 2.75) is 6.92 Å². The fourth-order valence-corrected chi connectivity index (χ4v) is 0.787. The largest absolute Gasteiger partial charge is 1.00 e. The molecule has 1 aromatic heterocycles. The minimum atomic E-state index is -0.295. The van der Waals surface area contributed by atoms with E-state index in [1.807, 2.05) is 23.9 Å². The molecule has 0 aliphatic heterocycles. The van der Waals surface area contributed by atoms with E-state index >= 15 is 0 Å². The molecule has 0 spiro atoms. The highest BCUT2D eigenvalue weighted by Crippen LogP contribution is 2.04. The third-order valence-corrected chi connectivity index (χ3v) is 1.17. The highest BCUT2D eigenvalue weighted by Gasteiger charge is 2.00. The molecule has 1 aromatic rings. The summed E-state index contributed by atoms with van der Waals surface area (Å²) in [5, 5.41) is 0. The number of hydrogen-bond donors (Lipinski definition) is 0. The van der Waals surface area contributed by atoms with Crippen molar-refractivity contribution in [1.82, 2.24) is 0 Å².